The van der Waals surface area contributed by atoms with E-state index in [4.69, 9.17) is 9.84 Å². The largest absolute Gasteiger partial charge is 0.463 e. The van der Waals surface area contributed by atoms with E-state index in [1.807, 2.05) is 6.92 Å². The minimum atomic E-state index is -0.405. The van der Waals surface area contributed by atoms with E-state index >= 15 is 0 Å². The van der Waals surface area contributed by atoms with Crippen LogP contribution in [0.25, 0.3) is 0 Å². The van der Waals surface area contributed by atoms with Crippen LogP contribution >= 0.6 is 0 Å². The normalized spacial score (nSPS) is 10.1. The van der Waals surface area contributed by atoms with Gasteiger partial charge in [-0.3, -0.25) is 0 Å². The van der Waals surface area contributed by atoms with Crippen molar-refractivity contribution in [3.63, 3.8) is 0 Å². The molecular weight excluding hydrogens is 412 g/mol. The molecule has 7 heteroatoms. The fourth-order valence-electron chi connectivity index (χ4n) is 1.98. The van der Waals surface area contributed by atoms with Crippen molar-refractivity contribution < 1.29 is 33.7 Å². The van der Waals surface area contributed by atoms with E-state index in [1.165, 1.54) is 25.0 Å². The molecule has 0 aromatic heterocycles. The Morgan fingerprint density at radius 1 is 0.750 bits per heavy atom. The molecule has 0 saturated carbocycles. The molecule has 0 fully saturated rings. The Morgan fingerprint density at radius 2 is 1.22 bits per heavy atom. The van der Waals surface area contributed by atoms with Gasteiger partial charge in [-0.2, -0.15) is 0 Å². The Hall–Kier alpha value is -2.41. The van der Waals surface area contributed by atoms with Gasteiger partial charge in [0.15, 0.2) is 0 Å². The highest BCUT2D eigenvalue weighted by Crippen LogP contribution is 2.12. The molecule has 0 rings (SSSR count). The van der Waals surface area contributed by atoms with Crippen molar-refractivity contribution in [2.45, 2.75) is 72.1 Å². The van der Waals surface area contributed by atoms with Gasteiger partial charge in [-0.25, -0.2) is 14.4 Å². The maximum absolute atomic E-state index is 10.8. The maximum atomic E-state index is 10.8. The fraction of sp³-hybridized carbons (Fsp3) is 0.640. The van der Waals surface area contributed by atoms with E-state index in [0.717, 1.165) is 31.8 Å². The first-order valence-electron chi connectivity index (χ1n) is 11.3. The highest BCUT2D eigenvalue weighted by Gasteiger charge is 2.07. The Labute approximate surface area is 194 Å². The SMILES string of the molecule is C=CC(=O)OCC(CC)CCCC.C=CC(=O)OCCCC.C=CC(=O)OCCCCO. The molecule has 0 spiro atoms. The van der Waals surface area contributed by atoms with Crippen LogP contribution in [-0.4, -0.2) is 49.4 Å². The summed E-state index contributed by atoms with van der Waals surface area (Å²) in [6, 6.07) is 0. The summed E-state index contributed by atoms with van der Waals surface area (Å²) >= 11 is 0. The number of esters is 3. The van der Waals surface area contributed by atoms with Crippen LogP contribution < -0.4 is 0 Å². The van der Waals surface area contributed by atoms with Gasteiger partial charge in [0.1, 0.15) is 0 Å². The molecule has 0 aliphatic carbocycles. The van der Waals surface area contributed by atoms with Crippen LogP contribution in [0.5, 0.6) is 0 Å². The third-order valence-corrected chi connectivity index (χ3v) is 4.04. The minimum absolute atomic E-state index is 0.144. The standard InChI is InChI=1S/C11H20O2.C7H12O3.C7H12O2/c1-4-7-8-10(5-2)9-13-11(12)6-3;1-2-7(9)10-6-4-3-5-8;1-3-5-6-9-7(8)4-2/h6,10H,3-5,7-9H2,1-2H3;2,8H,1,3-6H2;4H,2-3,5-6H2,1H3. The van der Waals surface area contributed by atoms with Crippen molar-refractivity contribution in [3.8, 4) is 0 Å². The molecule has 1 N–H and O–H groups in total. The van der Waals surface area contributed by atoms with Gasteiger partial charge in [-0.15, -0.1) is 0 Å². The van der Waals surface area contributed by atoms with Crippen LogP contribution in [0.15, 0.2) is 38.0 Å². The summed E-state index contributed by atoms with van der Waals surface area (Å²) in [7, 11) is 0. The topological polar surface area (TPSA) is 99.1 Å². The number of unbranched alkanes of at least 4 members (excludes halogenated alkanes) is 3. The molecule has 7 nitrogen and oxygen atoms in total. The summed E-state index contributed by atoms with van der Waals surface area (Å²) in [5, 5.41) is 8.33. The summed E-state index contributed by atoms with van der Waals surface area (Å²) in [5.41, 5.74) is 0. The third kappa shape index (κ3) is 29.8. The average molecular weight is 457 g/mol. The number of carbonyl (C=O) groups is 3. The number of carbonyl (C=O) groups excluding carboxylic acids is 3. The van der Waals surface area contributed by atoms with Crippen LogP contribution in [0.4, 0.5) is 0 Å². The number of hydrogen-bond acceptors (Lipinski definition) is 7. The Kier molecular flexibility index (Phi) is 30.6. The molecule has 0 aromatic rings. The molecule has 0 amide bonds. The molecule has 1 atom stereocenters. The number of hydrogen-bond donors (Lipinski definition) is 1. The molecule has 186 valence electrons. The second kappa shape index (κ2) is 28.6. The smallest absolute Gasteiger partial charge is 0.330 e. The predicted octanol–water partition coefficient (Wildman–Crippen LogP) is 4.94. The Morgan fingerprint density at radius 3 is 1.62 bits per heavy atom. The highest BCUT2D eigenvalue weighted by atomic mass is 16.5. The lowest BCUT2D eigenvalue weighted by molar-refractivity contribution is -0.139. The molecule has 0 saturated heterocycles. The van der Waals surface area contributed by atoms with Crippen LogP contribution in [0.1, 0.15) is 72.1 Å². The van der Waals surface area contributed by atoms with Crippen LogP contribution in [0.3, 0.4) is 0 Å². The molecular formula is C25H44O7. The zero-order valence-electron chi connectivity index (χ0n) is 20.3. The van der Waals surface area contributed by atoms with E-state index in [1.54, 1.807) is 0 Å². The highest BCUT2D eigenvalue weighted by molar-refractivity contribution is 5.81. The predicted molar refractivity (Wildman–Crippen MR) is 128 cm³/mol. The number of aliphatic hydroxyl groups excluding tert-OH is 1. The van der Waals surface area contributed by atoms with E-state index in [0.29, 0.717) is 38.6 Å². The lowest BCUT2D eigenvalue weighted by atomic mass is 10.0. The van der Waals surface area contributed by atoms with Crippen molar-refractivity contribution in [2.75, 3.05) is 26.4 Å². The summed E-state index contributed by atoms with van der Waals surface area (Å²) in [5.74, 6) is -0.528. The lowest BCUT2D eigenvalue weighted by Gasteiger charge is -2.13. The van der Waals surface area contributed by atoms with E-state index in [-0.39, 0.29) is 18.5 Å². The van der Waals surface area contributed by atoms with Crippen molar-refractivity contribution >= 4 is 17.9 Å². The molecule has 32 heavy (non-hydrogen) atoms. The van der Waals surface area contributed by atoms with E-state index < -0.39 is 5.97 Å². The monoisotopic (exact) mass is 456 g/mol. The van der Waals surface area contributed by atoms with Gasteiger partial charge in [0.2, 0.25) is 0 Å². The first kappa shape index (κ1) is 34.2. The lowest BCUT2D eigenvalue weighted by Crippen LogP contribution is -2.12. The van der Waals surface area contributed by atoms with Gasteiger partial charge in [-0.05, 0) is 31.6 Å². The molecule has 0 aromatic carbocycles. The Balaban J connectivity index is -0.000000403. The summed E-state index contributed by atoms with van der Waals surface area (Å²) in [6.45, 7) is 17.8. The quantitative estimate of drug-likeness (QED) is 0.152. The molecule has 1 unspecified atom stereocenters. The molecule has 0 aliphatic heterocycles. The fourth-order valence-corrected chi connectivity index (χ4v) is 1.98. The zero-order valence-corrected chi connectivity index (χ0v) is 20.3. The molecule has 0 bridgehead atoms. The van der Waals surface area contributed by atoms with Crippen molar-refractivity contribution in [2.24, 2.45) is 5.92 Å². The molecule has 0 aliphatic rings. The second-order valence-corrected chi connectivity index (χ2v) is 6.78. The van der Waals surface area contributed by atoms with Gasteiger partial charge < -0.3 is 19.3 Å². The first-order valence-corrected chi connectivity index (χ1v) is 11.3. The van der Waals surface area contributed by atoms with E-state index in [2.05, 4.69) is 43.1 Å². The zero-order chi connectivity index (χ0) is 25.0. The van der Waals surface area contributed by atoms with Gasteiger partial charge in [-0.1, -0.05) is 66.2 Å². The first-order chi connectivity index (χ1) is 15.4. The number of aliphatic hydroxyl groups is 1. The minimum Gasteiger partial charge on any atom is -0.463 e. The number of rotatable bonds is 16. The van der Waals surface area contributed by atoms with Gasteiger partial charge >= 0.3 is 17.9 Å². The van der Waals surface area contributed by atoms with Gasteiger partial charge in [0, 0.05) is 24.8 Å². The van der Waals surface area contributed by atoms with Crippen LogP contribution in [-0.2, 0) is 28.6 Å². The number of ether oxygens (including phenoxy) is 3. The van der Waals surface area contributed by atoms with Crippen LogP contribution in [0.2, 0.25) is 0 Å². The molecule has 0 heterocycles. The second-order valence-electron chi connectivity index (χ2n) is 6.78. The summed E-state index contributed by atoms with van der Waals surface area (Å²) in [4.78, 5) is 31.5. The summed E-state index contributed by atoms with van der Waals surface area (Å²) < 4.78 is 14.3. The van der Waals surface area contributed by atoms with Gasteiger partial charge in [0.25, 0.3) is 0 Å². The van der Waals surface area contributed by atoms with Gasteiger partial charge in [0.05, 0.1) is 19.8 Å². The van der Waals surface area contributed by atoms with E-state index in [9.17, 15) is 14.4 Å². The Bertz CT molecular complexity index is 501. The van der Waals surface area contributed by atoms with Crippen molar-refractivity contribution in [1.82, 2.24) is 0 Å². The van der Waals surface area contributed by atoms with Crippen molar-refractivity contribution in [3.05, 3.63) is 38.0 Å². The summed E-state index contributed by atoms with van der Waals surface area (Å²) in [6.07, 6.45) is 11.5. The van der Waals surface area contributed by atoms with Crippen molar-refractivity contribution in [1.29, 1.82) is 0 Å². The maximum Gasteiger partial charge on any atom is 0.330 e. The average Bonchev–Trinajstić information content (AvgIpc) is 2.82. The third-order valence-electron chi connectivity index (χ3n) is 4.04. The van der Waals surface area contributed by atoms with Crippen LogP contribution in [0, 0.1) is 5.92 Å². The molecule has 0 radical (unpaired) electrons.